The molecule has 8 nitrogen and oxygen atoms in total. The van der Waals surface area contributed by atoms with E-state index in [1.165, 1.54) is 16.5 Å². The fourth-order valence-electron chi connectivity index (χ4n) is 3.16. The van der Waals surface area contributed by atoms with Gasteiger partial charge in [-0.15, -0.1) is 0 Å². The molecule has 1 aromatic heterocycles. The second-order valence-electron chi connectivity index (χ2n) is 6.48. The van der Waals surface area contributed by atoms with Crippen LogP contribution in [-0.2, 0) is 22.6 Å². The van der Waals surface area contributed by atoms with E-state index >= 15 is 0 Å². The zero-order chi connectivity index (χ0) is 22.1. The number of aliphatic carboxylic acids is 2. The molecule has 0 bridgehead atoms. The number of benzene rings is 2. The molecule has 0 atom stereocenters. The van der Waals surface area contributed by atoms with Crippen LogP contribution in [0.4, 0.5) is 0 Å². The van der Waals surface area contributed by atoms with Gasteiger partial charge in [-0.2, -0.15) is 0 Å². The van der Waals surface area contributed by atoms with Gasteiger partial charge < -0.3 is 30.0 Å². The monoisotopic (exact) mass is 414 g/mol. The fraction of sp³-hybridized carbons (Fsp3) is 0.273. The number of aromatic amines is 1. The van der Waals surface area contributed by atoms with Crippen molar-refractivity contribution in [3.8, 4) is 11.5 Å². The molecule has 0 radical (unpaired) electrons. The molecule has 0 saturated heterocycles. The Morgan fingerprint density at radius 1 is 1.00 bits per heavy atom. The van der Waals surface area contributed by atoms with Crippen LogP contribution in [0, 0.1) is 6.92 Å². The summed E-state index contributed by atoms with van der Waals surface area (Å²) in [6.07, 6.45) is 3.09. The largest absolute Gasteiger partial charge is 0.496 e. The Morgan fingerprint density at radius 3 is 2.33 bits per heavy atom. The Hall–Kier alpha value is -3.52. The number of rotatable bonds is 7. The van der Waals surface area contributed by atoms with Gasteiger partial charge in [0, 0.05) is 34.8 Å². The Kier molecular flexibility index (Phi) is 8.25. The summed E-state index contributed by atoms with van der Waals surface area (Å²) in [7, 11) is 3.39. The van der Waals surface area contributed by atoms with Crippen LogP contribution in [0.2, 0.25) is 0 Å². The first-order valence-electron chi connectivity index (χ1n) is 9.31. The minimum absolute atomic E-state index is 0.774. The number of hydrogen-bond acceptors (Lipinski definition) is 5. The highest BCUT2D eigenvalue weighted by Gasteiger charge is 2.11. The van der Waals surface area contributed by atoms with Crippen molar-refractivity contribution < 1.29 is 29.3 Å². The third-order valence-corrected chi connectivity index (χ3v) is 4.61. The molecule has 0 saturated carbocycles. The molecular formula is C22H26N2O6. The zero-order valence-corrected chi connectivity index (χ0v) is 17.2. The predicted molar refractivity (Wildman–Crippen MR) is 113 cm³/mol. The highest BCUT2D eigenvalue weighted by Crippen LogP contribution is 2.31. The molecule has 0 spiro atoms. The van der Waals surface area contributed by atoms with Gasteiger partial charge in [-0.25, -0.2) is 9.59 Å². The van der Waals surface area contributed by atoms with Gasteiger partial charge in [-0.3, -0.25) is 0 Å². The van der Waals surface area contributed by atoms with Crippen molar-refractivity contribution >= 4 is 22.8 Å². The Bertz CT molecular complexity index is 1000. The minimum atomic E-state index is -1.82. The van der Waals surface area contributed by atoms with Gasteiger partial charge in [-0.05, 0) is 37.6 Å². The van der Waals surface area contributed by atoms with Crippen molar-refractivity contribution in [2.24, 2.45) is 0 Å². The van der Waals surface area contributed by atoms with Crippen LogP contribution in [0.1, 0.15) is 16.7 Å². The van der Waals surface area contributed by atoms with E-state index in [0.29, 0.717) is 0 Å². The number of ether oxygens (including phenoxy) is 2. The second-order valence-corrected chi connectivity index (χ2v) is 6.48. The van der Waals surface area contributed by atoms with Gasteiger partial charge in [0.2, 0.25) is 0 Å². The van der Waals surface area contributed by atoms with Crippen LogP contribution in [0.25, 0.3) is 10.9 Å². The van der Waals surface area contributed by atoms with Gasteiger partial charge in [0.15, 0.2) is 0 Å². The van der Waals surface area contributed by atoms with E-state index in [4.69, 9.17) is 29.3 Å². The topological polar surface area (TPSA) is 121 Å². The molecule has 0 fully saturated rings. The normalized spacial score (nSPS) is 10.2. The number of hydrogen-bond donors (Lipinski definition) is 4. The van der Waals surface area contributed by atoms with E-state index in [9.17, 15) is 0 Å². The van der Waals surface area contributed by atoms with Crippen LogP contribution in [-0.4, -0.2) is 47.9 Å². The number of aromatic nitrogens is 1. The summed E-state index contributed by atoms with van der Waals surface area (Å²) in [4.78, 5) is 21.5. The van der Waals surface area contributed by atoms with E-state index in [1.807, 2.05) is 13.0 Å². The zero-order valence-electron chi connectivity index (χ0n) is 17.2. The molecule has 0 aliphatic carbocycles. The molecule has 2 aromatic carbocycles. The van der Waals surface area contributed by atoms with Crippen molar-refractivity contribution in [1.29, 1.82) is 0 Å². The van der Waals surface area contributed by atoms with Gasteiger partial charge in [-0.1, -0.05) is 24.3 Å². The molecule has 8 heteroatoms. The number of carboxylic acid groups (broad SMARTS) is 2. The van der Waals surface area contributed by atoms with E-state index < -0.39 is 11.9 Å². The molecular weight excluding hydrogens is 388 g/mol. The number of nitrogens with one attached hydrogen (secondary N) is 2. The predicted octanol–water partition coefficient (Wildman–Crippen LogP) is 2.98. The molecule has 1 heterocycles. The number of H-pyrrole nitrogens is 1. The van der Waals surface area contributed by atoms with Crippen molar-refractivity contribution in [2.45, 2.75) is 19.9 Å². The summed E-state index contributed by atoms with van der Waals surface area (Å²) < 4.78 is 10.9. The summed E-state index contributed by atoms with van der Waals surface area (Å²) in [5.41, 5.74) is 4.72. The van der Waals surface area contributed by atoms with Crippen molar-refractivity contribution in [3.63, 3.8) is 0 Å². The maximum Gasteiger partial charge on any atom is 0.414 e. The Balaban J connectivity index is 0.000000469. The summed E-state index contributed by atoms with van der Waals surface area (Å²) >= 11 is 0. The average molecular weight is 414 g/mol. The highest BCUT2D eigenvalue weighted by molar-refractivity contribution is 6.27. The SMILES string of the molecule is COc1ccc(CNCCc2c[nH]c3ccccc23)c(OC)c1C.O=C(O)C(=O)O. The maximum atomic E-state index is 9.10. The van der Waals surface area contributed by atoms with Crippen molar-refractivity contribution in [2.75, 3.05) is 20.8 Å². The summed E-state index contributed by atoms with van der Waals surface area (Å²) in [6, 6.07) is 12.5. The molecule has 3 aromatic rings. The lowest BCUT2D eigenvalue weighted by molar-refractivity contribution is -0.159. The number of carbonyl (C=O) groups is 2. The van der Waals surface area contributed by atoms with Crippen LogP contribution in [0.15, 0.2) is 42.6 Å². The molecule has 4 N–H and O–H groups in total. The molecule has 0 amide bonds. The number of carboxylic acids is 2. The number of para-hydroxylation sites is 1. The van der Waals surface area contributed by atoms with Crippen LogP contribution in [0.5, 0.6) is 11.5 Å². The third-order valence-electron chi connectivity index (χ3n) is 4.61. The Labute approximate surface area is 174 Å². The third kappa shape index (κ3) is 5.74. The van der Waals surface area contributed by atoms with E-state index in [-0.39, 0.29) is 0 Å². The van der Waals surface area contributed by atoms with Crippen LogP contribution in [0.3, 0.4) is 0 Å². The summed E-state index contributed by atoms with van der Waals surface area (Å²) in [5, 5.41) is 19.6. The highest BCUT2D eigenvalue weighted by atomic mass is 16.5. The fourth-order valence-corrected chi connectivity index (χ4v) is 3.16. The van der Waals surface area contributed by atoms with Gasteiger partial charge in [0.1, 0.15) is 11.5 Å². The minimum Gasteiger partial charge on any atom is -0.496 e. The first kappa shape index (κ1) is 22.8. The van der Waals surface area contributed by atoms with Gasteiger partial charge in [0.25, 0.3) is 0 Å². The maximum absolute atomic E-state index is 9.10. The molecule has 0 unspecified atom stereocenters. The number of methoxy groups -OCH3 is 2. The quantitative estimate of drug-likeness (QED) is 0.346. The Morgan fingerprint density at radius 2 is 1.70 bits per heavy atom. The lowest BCUT2D eigenvalue weighted by atomic mass is 10.1. The van der Waals surface area contributed by atoms with Gasteiger partial charge in [0.05, 0.1) is 14.2 Å². The standard InChI is InChI=1S/C20H24N2O2.C2H2O4/c1-14-19(23-2)9-8-16(20(14)24-3)12-21-11-10-15-13-22-18-7-5-4-6-17(15)18;3-1(4)2(5)6/h4-9,13,21-22H,10-12H2,1-3H3;(H,3,4)(H,5,6). The molecule has 160 valence electrons. The molecule has 0 aliphatic heterocycles. The second kappa shape index (κ2) is 10.9. The summed E-state index contributed by atoms with van der Waals surface area (Å²) in [6.45, 7) is 3.71. The van der Waals surface area contributed by atoms with Crippen LogP contribution < -0.4 is 14.8 Å². The van der Waals surface area contributed by atoms with Gasteiger partial charge >= 0.3 is 11.9 Å². The smallest absolute Gasteiger partial charge is 0.414 e. The lowest BCUT2D eigenvalue weighted by Gasteiger charge is -2.15. The van der Waals surface area contributed by atoms with E-state index in [2.05, 4.69) is 46.8 Å². The molecule has 3 rings (SSSR count). The molecule has 30 heavy (non-hydrogen) atoms. The van der Waals surface area contributed by atoms with Crippen LogP contribution >= 0.6 is 0 Å². The first-order valence-corrected chi connectivity index (χ1v) is 9.31. The lowest BCUT2D eigenvalue weighted by Crippen LogP contribution is -2.17. The number of fused-ring (bicyclic) bond motifs is 1. The van der Waals surface area contributed by atoms with E-state index in [0.717, 1.165) is 42.1 Å². The van der Waals surface area contributed by atoms with E-state index in [1.54, 1.807) is 14.2 Å². The average Bonchev–Trinajstić information content (AvgIpc) is 3.15. The van der Waals surface area contributed by atoms with Crippen molar-refractivity contribution in [1.82, 2.24) is 10.3 Å². The van der Waals surface area contributed by atoms with Crippen molar-refractivity contribution in [3.05, 3.63) is 59.3 Å². The first-order chi connectivity index (χ1) is 14.4. The molecule has 0 aliphatic rings. The summed E-state index contributed by atoms with van der Waals surface area (Å²) in [5.74, 6) is -1.90.